The molecule has 0 spiro atoms. The van der Waals surface area contributed by atoms with Crippen molar-refractivity contribution in [3.05, 3.63) is 35.4 Å². The molecule has 0 bridgehead atoms. The second kappa shape index (κ2) is 11.2. The Hall–Kier alpha value is -2.08. The molecule has 160 valence electrons. The van der Waals surface area contributed by atoms with E-state index in [9.17, 15) is 9.59 Å². The third-order valence-electron chi connectivity index (χ3n) is 6.10. The summed E-state index contributed by atoms with van der Waals surface area (Å²) in [6.45, 7) is 1.10. The van der Waals surface area contributed by atoms with Gasteiger partial charge in [-0.3, -0.25) is 15.0 Å². The predicted molar refractivity (Wildman–Crippen MR) is 117 cm³/mol. The number of amidine groups is 1. The number of nitrogens with zero attached hydrogens (tertiary/aromatic N) is 1. The van der Waals surface area contributed by atoms with Crippen LogP contribution >= 0.6 is 12.4 Å². The first-order valence-electron chi connectivity index (χ1n) is 10.5. The Bertz CT molecular complexity index is 701. The summed E-state index contributed by atoms with van der Waals surface area (Å²) in [5, 5.41) is 10.4. The zero-order chi connectivity index (χ0) is 19.9. The van der Waals surface area contributed by atoms with Gasteiger partial charge in [-0.2, -0.15) is 0 Å². The minimum atomic E-state index is -0.338. The summed E-state index contributed by atoms with van der Waals surface area (Å²) in [6, 6.07) is 6.94. The van der Waals surface area contributed by atoms with Crippen LogP contribution in [0.2, 0.25) is 0 Å². The van der Waals surface area contributed by atoms with E-state index in [1.54, 1.807) is 17.0 Å². The largest absolute Gasteiger partial charge is 0.384 e. The molecule has 2 amide bonds. The summed E-state index contributed by atoms with van der Waals surface area (Å²) in [7, 11) is 0. The Morgan fingerprint density at radius 1 is 1.07 bits per heavy atom. The summed E-state index contributed by atoms with van der Waals surface area (Å²) in [5.74, 6) is 0.780. The smallest absolute Gasteiger partial charge is 0.243 e. The number of nitrogen functional groups attached to an aromatic ring is 1. The maximum atomic E-state index is 12.7. The van der Waals surface area contributed by atoms with E-state index >= 15 is 0 Å². The van der Waals surface area contributed by atoms with E-state index in [1.165, 1.54) is 32.1 Å². The molecule has 7 heteroatoms. The molecule has 1 heterocycles. The fourth-order valence-corrected chi connectivity index (χ4v) is 4.39. The zero-order valence-corrected chi connectivity index (χ0v) is 17.8. The average molecular weight is 421 g/mol. The van der Waals surface area contributed by atoms with Crippen molar-refractivity contribution in [1.29, 1.82) is 5.41 Å². The third kappa shape index (κ3) is 6.46. The SMILES string of the molecule is Cl.N=C(N)c1ccc(CNC(=O)[C@@H]2CCCN2C(=O)CCC2CCCCC2)cc1. The number of rotatable bonds is 7. The molecule has 1 saturated carbocycles. The van der Waals surface area contributed by atoms with Crippen LogP contribution in [0.5, 0.6) is 0 Å². The van der Waals surface area contributed by atoms with Gasteiger partial charge in [-0.15, -0.1) is 12.4 Å². The summed E-state index contributed by atoms with van der Waals surface area (Å²) < 4.78 is 0. The van der Waals surface area contributed by atoms with Gasteiger partial charge in [0, 0.05) is 25.1 Å². The van der Waals surface area contributed by atoms with Gasteiger partial charge in [-0.05, 0) is 30.7 Å². The molecule has 1 atom stereocenters. The maximum absolute atomic E-state index is 12.7. The van der Waals surface area contributed by atoms with Crippen LogP contribution in [0.3, 0.4) is 0 Å². The number of hydrogen-bond donors (Lipinski definition) is 3. The number of halogens is 1. The van der Waals surface area contributed by atoms with Crippen LogP contribution in [0.25, 0.3) is 0 Å². The Balaban J connectivity index is 0.00000300. The van der Waals surface area contributed by atoms with Crippen molar-refractivity contribution in [2.75, 3.05) is 6.54 Å². The van der Waals surface area contributed by atoms with E-state index in [1.807, 2.05) is 12.1 Å². The van der Waals surface area contributed by atoms with E-state index in [0.29, 0.717) is 31.0 Å². The van der Waals surface area contributed by atoms with E-state index in [2.05, 4.69) is 5.32 Å². The Morgan fingerprint density at radius 3 is 2.41 bits per heavy atom. The lowest BCUT2D eigenvalue weighted by Gasteiger charge is -2.26. The first kappa shape index (κ1) is 23.2. The number of hydrogen-bond acceptors (Lipinski definition) is 3. The van der Waals surface area contributed by atoms with Gasteiger partial charge in [-0.25, -0.2) is 0 Å². The lowest BCUT2D eigenvalue weighted by molar-refractivity contribution is -0.138. The average Bonchev–Trinajstić information content (AvgIpc) is 3.21. The van der Waals surface area contributed by atoms with E-state index in [0.717, 1.165) is 24.8 Å². The fourth-order valence-electron chi connectivity index (χ4n) is 4.39. The van der Waals surface area contributed by atoms with E-state index in [-0.39, 0.29) is 36.1 Å². The second-order valence-corrected chi connectivity index (χ2v) is 8.12. The molecule has 29 heavy (non-hydrogen) atoms. The van der Waals surface area contributed by atoms with E-state index < -0.39 is 0 Å². The molecule has 0 aromatic heterocycles. The fraction of sp³-hybridized carbons (Fsp3) is 0.591. The topological polar surface area (TPSA) is 99.3 Å². The van der Waals surface area contributed by atoms with Crippen molar-refractivity contribution in [2.24, 2.45) is 11.7 Å². The van der Waals surface area contributed by atoms with Crippen molar-refractivity contribution in [3.63, 3.8) is 0 Å². The van der Waals surface area contributed by atoms with Gasteiger partial charge in [-0.1, -0.05) is 56.4 Å². The molecule has 0 unspecified atom stereocenters. The van der Waals surface area contributed by atoms with Crippen molar-refractivity contribution >= 4 is 30.1 Å². The molecule has 2 aliphatic rings. The van der Waals surface area contributed by atoms with Gasteiger partial charge in [0.15, 0.2) is 0 Å². The van der Waals surface area contributed by atoms with Crippen molar-refractivity contribution in [1.82, 2.24) is 10.2 Å². The lowest BCUT2D eigenvalue weighted by Crippen LogP contribution is -2.45. The van der Waals surface area contributed by atoms with Crippen molar-refractivity contribution in [2.45, 2.75) is 70.4 Å². The van der Waals surface area contributed by atoms with Gasteiger partial charge < -0.3 is 16.0 Å². The maximum Gasteiger partial charge on any atom is 0.243 e. The first-order chi connectivity index (χ1) is 13.5. The quantitative estimate of drug-likeness (QED) is 0.465. The van der Waals surface area contributed by atoms with Crippen LogP contribution in [0.15, 0.2) is 24.3 Å². The summed E-state index contributed by atoms with van der Waals surface area (Å²) in [4.78, 5) is 27.1. The number of nitrogens with two attached hydrogens (primary N) is 1. The number of carbonyl (C=O) groups is 2. The monoisotopic (exact) mass is 420 g/mol. The second-order valence-electron chi connectivity index (χ2n) is 8.12. The van der Waals surface area contributed by atoms with Crippen LogP contribution in [0.1, 0.15) is 68.9 Å². The van der Waals surface area contributed by atoms with Gasteiger partial charge in [0.2, 0.25) is 11.8 Å². The standard InChI is InChI=1S/C22H32N4O2.ClH/c23-21(24)18-11-8-17(9-12-18)15-25-22(28)19-7-4-14-26(19)20(27)13-10-16-5-2-1-3-6-16;/h8-9,11-12,16,19H,1-7,10,13-15H2,(H3,23,24)(H,25,28);1H/t19-;/m0./s1. The third-order valence-corrected chi connectivity index (χ3v) is 6.10. The first-order valence-corrected chi connectivity index (χ1v) is 10.5. The van der Waals surface area contributed by atoms with Gasteiger partial charge >= 0.3 is 0 Å². The predicted octanol–water partition coefficient (Wildman–Crippen LogP) is 3.36. The van der Waals surface area contributed by atoms with Crippen LogP contribution in [-0.4, -0.2) is 35.1 Å². The minimum Gasteiger partial charge on any atom is -0.384 e. The molecule has 6 nitrogen and oxygen atoms in total. The highest BCUT2D eigenvalue weighted by molar-refractivity contribution is 5.94. The Labute approximate surface area is 179 Å². The zero-order valence-electron chi connectivity index (χ0n) is 17.0. The number of benzene rings is 1. The number of likely N-dealkylation sites (tertiary alicyclic amines) is 1. The van der Waals surface area contributed by atoms with Crippen molar-refractivity contribution < 1.29 is 9.59 Å². The summed E-state index contributed by atoms with van der Waals surface area (Å²) in [6.07, 6.45) is 9.58. The van der Waals surface area contributed by atoms with Crippen LogP contribution in [0.4, 0.5) is 0 Å². The molecule has 4 N–H and O–H groups in total. The van der Waals surface area contributed by atoms with E-state index in [4.69, 9.17) is 11.1 Å². The highest BCUT2D eigenvalue weighted by atomic mass is 35.5. The summed E-state index contributed by atoms with van der Waals surface area (Å²) in [5.41, 5.74) is 7.08. The molecule has 1 aliphatic carbocycles. The molecule has 1 saturated heterocycles. The molecule has 0 radical (unpaired) electrons. The minimum absolute atomic E-state index is 0. The van der Waals surface area contributed by atoms with Gasteiger partial charge in [0.1, 0.15) is 11.9 Å². The Morgan fingerprint density at radius 2 is 1.76 bits per heavy atom. The highest BCUT2D eigenvalue weighted by Gasteiger charge is 2.33. The van der Waals surface area contributed by atoms with Gasteiger partial charge in [0.05, 0.1) is 0 Å². The molecule has 3 rings (SSSR count). The molecule has 1 aliphatic heterocycles. The lowest BCUT2D eigenvalue weighted by atomic mass is 9.86. The van der Waals surface area contributed by atoms with Crippen molar-refractivity contribution in [3.8, 4) is 0 Å². The molecule has 2 fully saturated rings. The molecular formula is C22H33ClN4O2. The van der Waals surface area contributed by atoms with Crippen LogP contribution in [0, 0.1) is 11.3 Å². The number of carbonyl (C=O) groups excluding carboxylic acids is 2. The van der Waals surface area contributed by atoms with Crippen LogP contribution < -0.4 is 11.1 Å². The molecular weight excluding hydrogens is 388 g/mol. The normalized spacial score (nSPS) is 19.4. The number of amides is 2. The van der Waals surface area contributed by atoms with Crippen LogP contribution in [-0.2, 0) is 16.1 Å². The number of nitrogens with one attached hydrogen (secondary N) is 2. The molecule has 1 aromatic rings. The van der Waals surface area contributed by atoms with Gasteiger partial charge in [0.25, 0.3) is 0 Å². The molecule has 1 aromatic carbocycles. The summed E-state index contributed by atoms with van der Waals surface area (Å²) >= 11 is 0. The highest BCUT2D eigenvalue weighted by Crippen LogP contribution is 2.28. The Kier molecular flexibility index (Phi) is 8.96.